The Morgan fingerprint density at radius 1 is 1.14 bits per heavy atom. The summed E-state index contributed by atoms with van der Waals surface area (Å²) in [5.41, 5.74) is 0.984. The fourth-order valence-electron chi connectivity index (χ4n) is 0.858. The summed E-state index contributed by atoms with van der Waals surface area (Å²) in [7, 11) is 0. The van der Waals surface area contributed by atoms with Crippen molar-refractivity contribution in [2.24, 2.45) is 0 Å². The van der Waals surface area contributed by atoms with Crippen LogP contribution in [0.4, 0.5) is 0 Å². The molecule has 0 heterocycles. The largest absolute Gasteiger partial charge is 0.369 e. The first kappa shape index (κ1) is 10.4. The Bertz CT molecular complexity index is 370. The number of rotatable bonds is 2. The predicted octanol–water partition coefficient (Wildman–Crippen LogP) is 2.08. The number of hydrogen-bond donors (Lipinski definition) is 0. The van der Waals surface area contributed by atoms with Crippen LogP contribution in [0, 0.1) is 23.7 Å². The maximum absolute atomic E-state index is 5.04. The fraction of sp³-hybridized carbons (Fsp3) is 0.231. The first-order valence-corrected chi connectivity index (χ1v) is 4.55. The van der Waals surface area contributed by atoms with Crippen LogP contribution in [0.15, 0.2) is 30.3 Å². The summed E-state index contributed by atoms with van der Waals surface area (Å²) < 4.78 is 5.04. The van der Waals surface area contributed by atoms with E-state index in [0.29, 0.717) is 13.2 Å². The molecule has 0 unspecified atom stereocenters. The van der Waals surface area contributed by atoms with E-state index < -0.39 is 0 Å². The van der Waals surface area contributed by atoms with Gasteiger partial charge in [0.1, 0.15) is 6.61 Å². The molecule has 0 saturated heterocycles. The first-order chi connectivity index (χ1) is 6.93. The van der Waals surface area contributed by atoms with Gasteiger partial charge in [0.2, 0.25) is 0 Å². The average Bonchev–Trinajstić information content (AvgIpc) is 2.25. The molecule has 1 rings (SSSR count). The molecule has 1 heteroatoms. The van der Waals surface area contributed by atoms with E-state index >= 15 is 0 Å². The molecule has 0 amide bonds. The highest BCUT2D eigenvalue weighted by Gasteiger charge is 1.78. The quantitative estimate of drug-likeness (QED) is 0.505. The zero-order valence-corrected chi connectivity index (χ0v) is 8.21. The van der Waals surface area contributed by atoms with Crippen LogP contribution in [0.3, 0.4) is 0 Å². The van der Waals surface area contributed by atoms with Gasteiger partial charge in [-0.25, -0.2) is 0 Å². The van der Waals surface area contributed by atoms with E-state index in [1.54, 1.807) is 0 Å². The Morgan fingerprint density at radius 2 is 1.93 bits per heavy atom. The lowest BCUT2D eigenvalue weighted by Crippen LogP contribution is -1.87. The van der Waals surface area contributed by atoms with Crippen molar-refractivity contribution < 1.29 is 4.74 Å². The third-order valence-electron chi connectivity index (χ3n) is 1.51. The monoisotopic (exact) mass is 184 g/mol. The lowest BCUT2D eigenvalue weighted by molar-refractivity contribution is 0.182. The Kier molecular flexibility index (Phi) is 5.03. The molecular weight excluding hydrogens is 172 g/mol. The third-order valence-corrected chi connectivity index (χ3v) is 1.51. The molecule has 0 aliphatic heterocycles. The molecule has 0 fully saturated rings. The van der Waals surface area contributed by atoms with Gasteiger partial charge in [0.25, 0.3) is 0 Å². The molecule has 14 heavy (non-hydrogen) atoms. The second-order valence-corrected chi connectivity index (χ2v) is 2.55. The van der Waals surface area contributed by atoms with Crippen molar-refractivity contribution in [2.45, 2.75) is 6.92 Å². The van der Waals surface area contributed by atoms with Crippen molar-refractivity contribution >= 4 is 0 Å². The number of hydrogen-bond acceptors (Lipinski definition) is 1. The van der Waals surface area contributed by atoms with Crippen molar-refractivity contribution in [3.63, 3.8) is 0 Å². The van der Waals surface area contributed by atoms with E-state index in [-0.39, 0.29) is 0 Å². The standard InChI is InChI=1S/C13H12O/c1-2-14-12-8-4-7-11-13-9-5-3-6-10-13/h3,5-6,9-10H,2,12H2,1H3. The van der Waals surface area contributed by atoms with Crippen LogP contribution in [-0.4, -0.2) is 13.2 Å². The van der Waals surface area contributed by atoms with E-state index in [9.17, 15) is 0 Å². The van der Waals surface area contributed by atoms with Crippen molar-refractivity contribution in [2.75, 3.05) is 13.2 Å². The number of benzene rings is 1. The van der Waals surface area contributed by atoms with Crippen LogP contribution in [0.2, 0.25) is 0 Å². The lowest BCUT2D eigenvalue weighted by Gasteiger charge is -1.87. The highest BCUT2D eigenvalue weighted by molar-refractivity contribution is 5.39. The molecule has 0 bridgehead atoms. The van der Waals surface area contributed by atoms with E-state index in [0.717, 1.165) is 5.56 Å². The highest BCUT2D eigenvalue weighted by atomic mass is 16.5. The van der Waals surface area contributed by atoms with Crippen molar-refractivity contribution in [1.82, 2.24) is 0 Å². The second kappa shape index (κ2) is 6.78. The van der Waals surface area contributed by atoms with Crippen LogP contribution in [-0.2, 0) is 4.74 Å². The van der Waals surface area contributed by atoms with E-state index in [4.69, 9.17) is 4.74 Å². The minimum absolute atomic E-state index is 0.458. The van der Waals surface area contributed by atoms with Crippen molar-refractivity contribution in [3.8, 4) is 23.7 Å². The van der Waals surface area contributed by atoms with Crippen LogP contribution >= 0.6 is 0 Å². The SMILES string of the molecule is CCOCC#CC#Cc1ccccc1. The summed E-state index contributed by atoms with van der Waals surface area (Å²) in [5, 5.41) is 0. The Balaban J connectivity index is 2.43. The van der Waals surface area contributed by atoms with Gasteiger partial charge in [-0.1, -0.05) is 30.0 Å². The third kappa shape index (κ3) is 4.36. The summed E-state index contributed by atoms with van der Waals surface area (Å²) in [6, 6.07) is 9.79. The van der Waals surface area contributed by atoms with Gasteiger partial charge in [-0.15, -0.1) is 0 Å². The van der Waals surface area contributed by atoms with Gasteiger partial charge in [0, 0.05) is 12.2 Å². The van der Waals surface area contributed by atoms with Gasteiger partial charge in [-0.2, -0.15) is 0 Å². The van der Waals surface area contributed by atoms with E-state index in [2.05, 4.69) is 23.7 Å². The molecule has 1 aromatic rings. The Hall–Kier alpha value is -1.70. The Morgan fingerprint density at radius 3 is 2.64 bits per heavy atom. The molecule has 0 spiro atoms. The Labute approximate surface area is 85.1 Å². The highest BCUT2D eigenvalue weighted by Crippen LogP contribution is 1.93. The van der Waals surface area contributed by atoms with Crippen molar-refractivity contribution in [1.29, 1.82) is 0 Å². The molecule has 70 valence electrons. The molecule has 0 aliphatic rings. The molecule has 0 saturated carbocycles. The number of ether oxygens (including phenoxy) is 1. The fourth-order valence-corrected chi connectivity index (χ4v) is 0.858. The molecule has 1 nitrogen and oxygen atoms in total. The van der Waals surface area contributed by atoms with Crippen LogP contribution in [0.5, 0.6) is 0 Å². The minimum atomic E-state index is 0.458. The normalized spacial score (nSPS) is 8.07. The smallest absolute Gasteiger partial charge is 0.108 e. The van der Waals surface area contributed by atoms with Crippen LogP contribution in [0.1, 0.15) is 12.5 Å². The van der Waals surface area contributed by atoms with Gasteiger partial charge in [0.05, 0.1) is 0 Å². The lowest BCUT2D eigenvalue weighted by atomic mass is 10.2. The molecule has 0 N–H and O–H groups in total. The van der Waals surface area contributed by atoms with Gasteiger partial charge >= 0.3 is 0 Å². The van der Waals surface area contributed by atoms with E-state index in [1.807, 2.05) is 37.3 Å². The summed E-state index contributed by atoms with van der Waals surface area (Å²) in [6.07, 6.45) is 0. The minimum Gasteiger partial charge on any atom is -0.369 e. The molecule has 0 radical (unpaired) electrons. The van der Waals surface area contributed by atoms with Gasteiger partial charge in [0.15, 0.2) is 0 Å². The second-order valence-electron chi connectivity index (χ2n) is 2.55. The summed E-state index contributed by atoms with van der Waals surface area (Å²) in [5.74, 6) is 11.3. The topological polar surface area (TPSA) is 9.23 Å². The maximum Gasteiger partial charge on any atom is 0.108 e. The molecular formula is C13H12O. The summed E-state index contributed by atoms with van der Waals surface area (Å²) in [6.45, 7) is 3.10. The molecule has 0 atom stereocenters. The molecule has 0 aliphatic carbocycles. The van der Waals surface area contributed by atoms with Crippen molar-refractivity contribution in [3.05, 3.63) is 35.9 Å². The summed E-state index contributed by atoms with van der Waals surface area (Å²) >= 11 is 0. The maximum atomic E-state index is 5.04. The zero-order valence-electron chi connectivity index (χ0n) is 8.21. The average molecular weight is 184 g/mol. The van der Waals surface area contributed by atoms with Gasteiger partial charge in [-0.05, 0) is 30.9 Å². The van der Waals surface area contributed by atoms with Crippen LogP contribution in [0.25, 0.3) is 0 Å². The van der Waals surface area contributed by atoms with Crippen LogP contribution < -0.4 is 0 Å². The van der Waals surface area contributed by atoms with E-state index in [1.165, 1.54) is 0 Å². The van der Waals surface area contributed by atoms with Gasteiger partial charge in [-0.3, -0.25) is 0 Å². The summed E-state index contributed by atoms with van der Waals surface area (Å²) in [4.78, 5) is 0. The first-order valence-electron chi connectivity index (χ1n) is 4.55. The predicted molar refractivity (Wildman–Crippen MR) is 57.6 cm³/mol. The van der Waals surface area contributed by atoms with Gasteiger partial charge < -0.3 is 4.74 Å². The molecule has 0 aromatic heterocycles. The zero-order chi connectivity index (χ0) is 10.1. The molecule has 1 aromatic carbocycles.